The van der Waals surface area contributed by atoms with Gasteiger partial charge in [0.2, 0.25) is 0 Å². The molecule has 1 aromatic rings. The van der Waals surface area contributed by atoms with Gasteiger partial charge in [-0.15, -0.1) is 0 Å². The highest BCUT2D eigenvalue weighted by Gasteiger charge is 2.17. The van der Waals surface area contributed by atoms with Crippen LogP contribution < -0.4 is 5.73 Å². The first-order valence-corrected chi connectivity index (χ1v) is 7.66. The summed E-state index contributed by atoms with van der Waals surface area (Å²) in [6.45, 7) is 6.32. The van der Waals surface area contributed by atoms with Crippen LogP contribution in [0.4, 0.5) is 0 Å². The Kier molecular flexibility index (Phi) is 7.73. The molecule has 0 amide bonds. The van der Waals surface area contributed by atoms with Crippen molar-refractivity contribution in [1.29, 1.82) is 0 Å². The molecule has 0 bridgehead atoms. The Morgan fingerprint density at radius 1 is 1.20 bits per heavy atom. The van der Waals surface area contributed by atoms with E-state index >= 15 is 0 Å². The number of nitrogens with two attached hydrogens (primary N) is 1. The van der Waals surface area contributed by atoms with E-state index in [1.54, 1.807) is 0 Å². The maximum Gasteiger partial charge on any atom is 0.0816 e. The Labute approximate surface area is 128 Å². The van der Waals surface area contributed by atoms with E-state index in [1.165, 1.54) is 12.0 Å². The third-order valence-corrected chi connectivity index (χ3v) is 3.80. The van der Waals surface area contributed by atoms with Crippen molar-refractivity contribution in [1.82, 2.24) is 9.80 Å². The molecule has 0 radical (unpaired) electrons. The lowest BCUT2D eigenvalue weighted by Gasteiger charge is -2.26. The van der Waals surface area contributed by atoms with Crippen molar-refractivity contribution in [3.05, 3.63) is 35.9 Å². The quantitative estimate of drug-likeness (QED) is 0.708. The minimum Gasteiger partial charge on any atom is -0.393 e. The summed E-state index contributed by atoms with van der Waals surface area (Å²) in [7, 11) is 4.22. The molecule has 112 valence electrons. The molecule has 0 spiro atoms. The summed E-state index contributed by atoms with van der Waals surface area (Å²) in [6, 6.07) is 10.3. The summed E-state index contributed by atoms with van der Waals surface area (Å²) in [5.41, 5.74) is 7.16. The largest absolute Gasteiger partial charge is 0.393 e. The van der Waals surface area contributed by atoms with E-state index in [0.717, 1.165) is 26.2 Å². The number of thiocarbonyl (C=S) groups is 1. The Balaban J connectivity index is 2.61. The Bertz CT molecular complexity index is 392. The minimum absolute atomic E-state index is 0.144. The molecule has 3 nitrogen and oxygen atoms in total. The van der Waals surface area contributed by atoms with Crippen molar-refractivity contribution in [2.24, 2.45) is 5.73 Å². The molecule has 0 fully saturated rings. The van der Waals surface area contributed by atoms with Crippen LogP contribution in [0.15, 0.2) is 30.3 Å². The number of nitrogens with zero attached hydrogens (tertiary/aromatic N) is 2. The lowest BCUT2D eigenvalue weighted by atomic mass is 9.98. The van der Waals surface area contributed by atoms with Crippen molar-refractivity contribution in [3.63, 3.8) is 0 Å². The SMILES string of the molecule is CCN(CCCN(C)C)CC(C(N)=S)c1ccccc1. The zero-order valence-electron chi connectivity index (χ0n) is 12.9. The van der Waals surface area contributed by atoms with Crippen LogP contribution in [0.1, 0.15) is 24.8 Å². The zero-order chi connectivity index (χ0) is 15.0. The molecule has 0 heterocycles. The smallest absolute Gasteiger partial charge is 0.0816 e. The van der Waals surface area contributed by atoms with E-state index in [4.69, 9.17) is 18.0 Å². The van der Waals surface area contributed by atoms with Gasteiger partial charge in [-0.2, -0.15) is 0 Å². The first-order chi connectivity index (χ1) is 9.54. The lowest BCUT2D eigenvalue weighted by molar-refractivity contribution is 0.264. The monoisotopic (exact) mass is 293 g/mol. The average Bonchev–Trinajstić information content (AvgIpc) is 2.42. The van der Waals surface area contributed by atoms with E-state index < -0.39 is 0 Å². The summed E-state index contributed by atoms with van der Waals surface area (Å²) >= 11 is 5.26. The van der Waals surface area contributed by atoms with Gasteiger partial charge in [0.05, 0.1) is 4.99 Å². The third-order valence-electron chi connectivity index (χ3n) is 3.51. The van der Waals surface area contributed by atoms with E-state index in [1.807, 2.05) is 18.2 Å². The highest BCUT2D eigenvalue weighted by atomic mass is 32.1. The molecule has 0 saturated heterocycles. The van der Waals surface area contributed by atoms with Gasteiger partial charge in [-0.05, 0) is 45.7 Å². The fourth-order valence-corrected chi connectivity index (χ4v) is 2.50. The highest BCUT2D eigenvalue weighted by molar-refractivity contribution is 7.80. The van der Waals surface area contributed by atoms with Crippen molar-refractivity contribution in [2.45, 2.75) is 19.3 Å². The summed E-state index contributed by atoms with van der Waals surface area (Å²) in [4.78, 5) is 5.23. The molecule has 1 rings (SSSR count). The number of likely N-dealkylation sites (N-methyl/N-ethyl adjacent to an activating group) is 1. The van der Waals surface area contributed by atoms with Gasteiger partial charge in [-0.1, -0.05) is 49.5 Å². The fourth-order valence-electron chi connectivity index (χ4n) is 2.29. The fraction of sp³-hybridized carbons (Fsp3) is 0.562. The second-order valence-electron chi connectivity index (χ2n) is 5.42. The normalized spacial score (nSPS) is 12.8. The number of benzene rings is 1. The van der Waals surface area contributed by atoms with Crippen LogP contribution in [0.3, 0.4) is 0 Å². The van der Waals surface area contributed by atoms with Crippen LogP contribution in [0.25, 0.3) is 0 Å². The molecule has 1 aromatic carbocycles. The number of hydrogen-bond acceptors (Lipinski definition) is 3. The standard InChI is InChI=1S/C16H27N3S/c1-4-19(12-8-11-18(2)3)13-15(16(17)20)14-9-6-5-7-10-14/h5-7,9-10,15H,4,8,11-13H2,1-3H3,(H2,17,20). The zero-order valence-corrected chi connectivity index (χ0v) is 13.7. The van der Waals surface area contributed by atoms with Crippen molar-refractivity contribution in [3.8, 4) is 0 Å². The molecule has 2 N–H and O–H groups in total. The maximum absolute atomic E-state index is 5.95. The van der Waals surface area contributed by atoms with Gasteiger partial charge in [-0.25, -0.2) is 0 Å². The maximum atomic E-state index is 5.95. The second-order valence-corrected chi connectivity index (χ2v) is 5.89. The molecule has 0 aliphatic rings. The van der Waals surface area contributed by atoms with Crippen LogP contribution in [-0.2, 0) is 0 Å². The topological polar surface area (TPSA) is 32.5 Å². The Morgan fingerprint density at radius 2 is 1.85 bits per heavy atom. The van der Waals surface area contributed by atoms with Crippen LogP contribution >= 0.6 is 12.2 Å². The molecule has 0 aliphatic carbocycles. The molecule has 1 unspecified atom stereocenters. The predicted octanol–water partition coefficient (Wildman–Crippen LogP) is 2.33. The van der Waals surface area contributed by atoms with Crippen LogP contribution in [0.2, 0.25) is 0 Å². The van der Waals surface area contributed by atoms with Crippen LogP contribution in [-0.4, -0.2) is 55.1 Å². The van der Waals surface area contributed by atoms with E-state index in [0.29, 0.717) is 4.99 Å². The van der Waals surface area contributed by atoms with E-state index in [2.05, 4.69) is 43.0 Å². The summed E-state index contributed by atoms with van der Waals surface area (Å²) in [6.07, 6.45) is 1.17. The summed E-state index contributed by atoms with van der Waals surface area (Å²) < 4.78 is 0. The molecule has 20 heavy (non-hydrogen) atoms. The van der Waals surface area contributed by atoms with E-state index in [9.17, 15) is 0 Å². The second kappa shape index (κ2) is 9.06. The average molecular weight is 293 g/mol. The molecule has 4 heteroatoms. The predicted molar refractivity (Wildman–Crippen MR) is 91.3 cm³/mol. The molecule has 0 aromatic heterocycles. The van der Waals surface area contributed by atoms with Gasteiger partial charge in [0.15, 0.2) is 0 Å². The van der Waals surface area contributed by atoms with Gasteiger partial charge < -0.3 is 15.5 Å². The van der Waals surface area contributed by atoms with E-state index in [-0.39, 0.29) is 5.92 Å². The van der Waals surface area contributed by atoms with Gasteiger partial charge in [-0.3, -0.25) is 0 Å². The van der Waals surface area contributed by atoms with Crippen molar-refractivity contribution in [2.75, 3.05) is 40.3 Å². The lowest BCUT2D eigenvalue weighted by Crippen LogP contribution is -2.35. The molecular formula is C16H27N3S. The van der Waals surface area contributed by atoms with Crippen molar-refractivity contribution >= 4 is 17.2 Å². The molecule has 0 saturated carbocycles. The molecule has 0 aliphatic heterocycles. The number of rotatable bonds is 9. The van der Waals surface area contributed by atoms with Gasteiger partial charge in [0.25, 0.3) is 0 Å². The first-order valence-electron chi connectivity index (χ1n) is 7.26. The first kappa shape index (κ1) is 17.1. The summed E-state index contributed by atoms with van der Waals surface area (Å²) in [5.74, 6) is 0.144. The van der Waals surface area contributed by atoms with Crippen LogP contribution in [0, 0.1) is 0 Å². The summed E-state index contributed by atoms with van der Waals surface area (Å²) in [5, 5.41) is 0. The number of hydrogen-bond donors (Lipinski definition) is 1. The molecule has 1 atom stereocenters. The highest BCUT2D eigenvalue weighted by Crippen LogP contribution is 2.17. The van der Waals surface area contributed by atoms with Crippen LogP contribution in [0.5, 0.6) is 0 Å². The van der Waals surface area contributed by atoms with Gasteiger partial charge in [0, 0.05) is 12.5 Å². The van der Waals surface area contributed by atoms with Gasteiger partial charge >= 0.3 is 0 Å². The minimum atomic E-state index is 0.144. The van der Waals surface area contributed by atoms with Crippen molar-refractivity contribution < 1.29 is 0 Å². The Hall–Kier alpha value is -0.970. The van der Waals surface area contributed by atoms with Gasteiger partial charge in [0.1, 0.15) is 0 Å². The molecular weight excluding hydrogens is 266 g/mol. The Morgan fingerprint density at radius 3 is 2.35 bits per heavy atom. The third kappa shape index (κ3) is 5.99.